The van der Waals surface area contributed by atoms with E-state index < -0.39 is 0 Å². The Morgan fingerprint density at radius 1 is 1.86 bits per heavy atom. The van der Waals surface area contributed by atoms with E-state index >= 15 is 0 Å². The maximum Gasteiger partial charge on any atom is 0.337 e. The molecule has 1 amide bonds. The van der Waals surface area contributed by atoms with Gasteiger partial charge >= 0.3 is 5.91 Å². The molecule has 0 aliphatic carbocycles. The van der Waals surface area contributed by atoms with Crippen LogP contribution in [0, 0.1) is 0 Å². The van der Waals surface area contributed by atoms with E-state index in [-0.39, 0.29) is 12.0 Å². The molecule has 1 atom stereocenters. The number of carbonyl (C=O) groups excluding carboxylic acids is 1. The molecule has 0 bridgehead atoms. The van der Waals surface area contributed by atoms with Crippen LogP contribution < -0.4 is 5.73 Å². The van der Waals surface area contributed by atoms with Crippen molar-refractivity contribution in [3.05, 3.63) is 0 Å². The van der Waals surface area contributed by atoms with Crippen molar-refractivity contribution in [3.63, 3.8) is 0 Å². The van der Waals surface area contributed by atoms with Gasteiger partial charge in [-0.25, -0.2) is 4.79 Å². The molecule has 0 aromatic rings. The Labute approximate surface area is 42.4 Å². The summed E-state index contributed by atoms with van der Waals surface area (Å²) < 4.78 is 4.60. The van der Waals surface area contributed by atoms with Crippen LogP contribution in [0.4, 0.5) is 0 Å². The van der Waals surface area contributed by atoms with Crippen molar-refractivity contribution in [3.8, 4) is 0 Å². The second kappa shape index (κ2) is 2.71. The van der Waals surface area contributed by atoms with Crippen LogP contribution in [0.3, 0.4) is 0 Å². The maximum atomic E-state index is 10.1. The smallest absolute Gasteiger partial charge is 0.337 e. The number of hydrogen-bond donors (Lipinski definition) is 1. The minimum absolute atomic E-state index is 0.178. The average Bonchev–Trinajstić information content (AvgIpc) is 1.65. The maximum absolute atomic E-state index is 10.1. The van der Waals surface area contributed by atoms with Crippen LogP contribution in [0.1, 0.15) is 6.92 Å². The molecule has 3 N–H and O–H groups in total. The Bertz CT molecular complexity index is 72.1. The third kappa shape index (κ3) is 2.31. The summed E-state index contributed by atoms with van der Waals surface area (Å²) in [5.41, 5.74) is 3.15. The minimum Gasteiger partial charge on any atom is -0.368 e. The lowest BCUT2D eigenvalue weighted by molar-refractivity contribution is -0.315. The van der Waals surface area contributed by atoms with Crippen LogP contribution in [0.15, 0.2) is 0 Å². The van der Waals surface area contributed by atoms with E-state index in [1.807, 2.05) is 0 Å². The van der Waals surface area contributed by atoms with E-state index in [0.717, 1.165) is 0 Å². The number of ether oxygens (including phenoxy) is 1. The molecule has 42 valence electrons. The zero-order valence-corrected chi connectivity index (χ0v) is 4.60. The number of hydrogen-bond acceptors (Lipinski definition) is 2. The molecule has 3 nitrogen and oxygen atoms in total. The van der Waals surface area contributed by atoms with Gasteiger partial charge in [-0.05, 0) is 6.92 Å². The van der Waals surface area contributed by atoms with Gasteiger partial charge in [0.1, 0.15) is 0 Å². The standard InChI is InChI=1S/C4H9NO2/c1-3(7-2)4(5)6/h3H,1-2H3,(H2,5,6)/p+1. The van der Waals surface area contributed by atoms with Crippen molar-refractivity contribution in [2.75, 3.05) is 7.11 Å². The fourth-order valence-electron chi connectivity index (χ4n) is 0.131. The van der Waals surface area contributed by atoms with Crippen LogP contribution in [0.25, 0.3) is 0 Å². The Kier molecular flexibility index (Phi) is 2.55. The van der Waals surface area contributed by atoms with Gasteiger partial charge < -0.3 is 4.74 Å². The first kappa shape index (κ1) is 6.59. The first-order valence-corrected chi connectivity index (χ1v) is 2.07. The summed E-state index contributed by atoms with van der Waals surface area (Å²) in [6.07, 6.45) is -0.347. The van der Waals surface area contributed by atoms with Crippen LogP contribution in [-0.2, 0) is 9.53 Å². The molecule has 0 fully saturated rings. The fourth-order valence-corrected chi connectivity index (χ4v) is 0.131. The molecule has 0 saturated heterocycles. The first-order chi connectivity index (χ1) is 3.18. The van der Waals surface area contributed by atoms with E-state index in [1.54, 1.807) is 6.92 Å². The van der Waals surface area contributed by atoms with Crippen LogP contribution >= 0.6 is 0 Å². The third-order valence-electron chi connectivity index (χ3n) is 0.807. The molecule has 0 aromatic heterocycles. The Hall–Kier alpha value is -0.410. The monoisotopic (exact) mass is 104 g/mol. The molecular weight excluding hydrogens is 94.0 g/mol. The van der Waals surface area contributed by atoms with E-state index in [1.165, 1.54) is 7.11 Å². The average molecular weight is 104 g/mol. The molecule has 7 heavy (non-hydrogen) atoms. The highest BCUT2D eigenvalue weighted by atomic mass is 16.5. The number of amides is 1. The molecule has 3 heteroatoms. The van der Waals surface area contributed by atoms with Crippen molar-refractivity contribution in [1.82, 2.24) is 0 Å². The van der Waals surface area contributed by atoms with Crippen molar-refractivity contribution in [2.24, 2.45) is 0 Å². The highest BCUT2D eigenvalue weighted by Gasteiger charge is 2.07. The summed E-state index contributed by atoms with van der Waals surface area (Å²) in [7, 11) is 1.48. The van der Waals surface area contributed by atoms with Gasteiger partial charge in [-0.1, -0.05) is 0 Å². The van der Waals surface area contributed by atoms with Crippen LogP contribution in [0.5, 0.6) is 0 Å². The molecule has 0 aliphatic rings. The van der Waals surface area contributed by atoms with E-state index in [2.05, 4.69) is 10.5 Å². The lowest BCUT2D eigenvalue weighted by atomic mass is 10.4. The molecular formula is C4H10NO2+. The molecule has 0 radical (unpaired) electrons. The third-order valence-corrected chi connectivity index (χ3v) is 0.807. The summed E-state index contributed by atoms with van der Waals surface area (Å²) in [5.74, 6) is -0.178. The summed E-state index contributed by atoms with van der Waals surface area (Å²) in [6.45, 7) is 1.66. The molecule has 0 aliphatic heterocycles. The highest BCUT2D eigenvalue weighted by molar-refractivity contribution is 5.69. The molecule has 0 heterocycles. The lowest BCUT2D eigenvalue weighted by Crippen LogP contribution is -2.62. The van der Waals surface area contributed by atoms with Crippen molar-refractivity contribution in [2.45, 2.75) is 13.0 Å². The van der Waals surface area contributed by atoms with Crippen molar-refractivity contribution >= 4 is 5.91 Å². The number of rotatable bonds is 2. The zero-order valence-electron chi connectivity index (χ0n) is 4.60. The number of methoxy groups -OCH3 is 1. The molecule has 0 spiro atoms. The van der Waals surface area contributed by atoms with Gasteiger partial charge in [0.15, 0.2) is 6.10 Å². The predicted octanol–water partition coefficient (Wildman–Crippen LogP) is -1.21. The van der Waals surface area contributed by atoms with Crippen LogP contribution in [-0.4, -0.2) is 19.1 Å². The molecule has 1 unspecified atom stereocenters. The summed E-state index contributed by atoms with van der Waals surface area (Å²) in [5, 5.41) is 0. The van der Waals surface area contributed by atoms with Gasteiger partial charge in [-0.2, -0.15) is 0 Å². The van der Waals surface area contributed by atoms with Gasteiger partial charge in [-0.15, -0.1) is 0 Å². The quantitative estimate of drug-likeness (QED) is 0.478. The Balaban J connectivity index is 3.34. The molecule has 0 rings (SSSR count). The van der Waals surface area contributed by atoms with E-state index in [0.29, 0.717) is 0 Å². The second-order valence-corrected chi connectivity index (χ2v) is 1.34. The summed E-state index contributed by atoms with van der Waals surface area (Å²) in [6, 6.07) is 0. The van der Waals surface area contributed by atoms with Gasteiger partial charge in [0.2, 0.25) is 0 Å². The Morgan fingerprint density at radius 2 is 2.29 bits per heavy atom. The lowest BCUT2D eigenvalue weighted by Gasteiger charge is -1.96. The second-order valence-electron chi connectivity index (χ2n) is 1.34. The molecule has 0 saturated carbocycles. The Morgan fingerprint density at radius 3 is 2.29 bits per heavy atom. The zero-order chi connectivity index (χ0) is 5.86. The number of carbonyl (C=O) groups is 1. The van der Waals surface area contributed by atoms with Gasteiger partial charge in [-0.3, -0.25) is 5.73 Å². The summed E-state index contributed by atoms with van der Waals surface area (Å²) >= 11 is 0. The van der Waals surface area contributed by atoms with E-state index in [9.17, 15) is 4.79 Å². The summed E-state index contributed by atoms with van der Waals surface area (Å²) in [4.78, 5) is 10.1. The van der Waals surface area contributed by atoms with Crippen LogP contribution in [0.2, 0.25) is 0 Å². The van der Waals surface area contributed by atoms with Crippen molar-refractivity contribution in [1.29, 1.82) is 0 Å². The fraction of sp³-hybridized carbons (Fsp3) is 0.750. The predicted molar refractivity (Wildman–Crippen MR) is 24.4 cm³/mol. The molecule has 0 aromatic carbocycles. The minimum atomic E-state index is -0.347. The van der Waals surface area contributed by atoms with Gasteiger partial charge in [0.25, 0.3) is 0 Å². The topological polar surface area (TPSA) is 53.9 Å². The van der Waals surface area contributed by atoms with Crippen molar-refractivity contribution < 1.29 is 15.3 Å². The SMILES string of the molecule is COC(C)C([NH3+])=O. The number of quaternary nitrogens is 1. The first-order valence-electron chi connectivity index (χ1n) is 2.07. The largest absolute Gasteiger partial charge is 0.368 e. The highest BCUT2D eigenvalue weighted by Crippen LogP contribution is 1.79. The van der Waals surface area contributed by atoms with Gasteiger partial charge in [0, 0.05) is 7.11 Å². The van der Waals surface area contributed by atoms with E-state index in [4.69, 9.17) is 0 Å². The van der Waals surface area contributed by atoms with Gasteiger partial charge in [0.05, 0.1) is 0 Å². The normalized spacial score (nSPS) is 13.6.